The topological polar surface area (TPSA) is 29.1 Å². The number of hydrogen-bond donors (Lipinski definition) is 1. The van der Waals surface area contributed by atoms with E-state index in [4.69, 9.17) is 0 Å². The summed E-state index contributed by atoms with van der Waals surface area (Å²) < 4.78 is 0. The summed E-state index contributed by atoms with van der Waals surface area (Å²) in [5, 5.41) is 2.88. The highest BCUT2D eigenvalue weighted by molar-refractivity contribution is 5.78. The van der Waals surface area contributed by atoms with E-state index in [1.54, 1.807) is 6.92 Å². The lowest BCUT2D eigenvalue weighted by atomic mass is 10.1. The van der Waals surface area contributed by atoms with Gasteiger partial charge in [0.25, 0.3) is 0 Å². The van der Waals surface area contributed by atoms with E-state index < -0.39 is 0 Å². The van der Waals surface area contributed by atoms with Crippen molar-refractivity contribution in [1.82, 2.24) is 5.32 Å². The Morgan fingerprint density at radius 3 is 2.46 bits per heavy atom. The lowest BCUT2D eigenvalue weighted by molar-refractivity contribution is -0.124. The van der Waals surface area contributed by atoms with Crippen LogP contribution in [0.15, 0.2) is 0 Å². The van der Waals surface area contributed by atoms with Gasteiger partial charge in [0.2, 0.25) is 5.91 Å². The van der Waals surface area contributed by atoms with Gasteiger partial charge in [-0.05, 0) is 12.8 Å². The van der Waals surface area contributed by atoms with Crippen LogP contribution >= 0.6 is 0 Å². The van der Waals surface area contributed by atoms with Gasteiger partial charge in [-0.25, -0.2) is 0 Å². The zero-order chi connectivity index (χ0) is 10.3. The zero-order valence-corrected chi connectivity index (χ0v) is 8.98. The molecule has 0 aromatic carbocycles. The molecule has 1 N–H and O–H groups in total. The average molecular weight is 181 g/mol. The number of nitrogens with one attached hydrogen (secondary N) is 1. The van der Waals surface area contributed by atoms with Gasteiger partial charge in [0, 0.05) is 18.9 Å². The van der Waals surface area contributed by atoms with Crippen LogP contribution in [0.2, 0.25) is 0 Å². The lowest BCUT2D eigenvalue weighted by Crippen LogP contribution is -2.31. The summed E-state index contributed by atoms with van der Waals surface area (Å²) in [6.45, 7) is 8.61. The van der Waals surface area contributed by atoms with Gasteiger partial charge in [0.1, 0.15) is 0 Å². The van der Waals surface area contributed by atoms with Gasteiger partial charge >= 0.3 is 0 Å². The number of amides is 1. The second-order valence-corrected chi connectivity index (χ2v) is 3.67. The van der Waals surface area contributed by atoms with Crippen LogP contribution in [0.3, 0.4) is 0 Å². The van der Waals surface area contributed by atoms with Crippen molar-refractivity contribution in [1.29, 1.82) is 0 Å². The van der Waals surface area contributed by atoms with Crippen LogP contribution in [-0.4, -0.2) is 12.5 Å². The summed E-state index contributed by atoms with van der Waals surface area (Å²) >= 11 is 0. The third-order valence-electron chi connectivity index (χ3n) is 1.72. The fourth-order valence-electron chi connectivity index (χ4n) is 0.827. The van der Waals surface area contributed by atoms with E-state index in [-0.39, 0.29) is 11.8 Å². The van der Waals surface area contributed by atoms with Crippen molar-refractivity contribution in [2.75, 3.05) is 6.54 Å². The number of hydrogen-bond acceptors (Lipinski definition) is 1. The Hall–Kier alpha value is -0.970. The van der Waals surface area contributed by atoms with Gasteiger partial charge in [0.05, 0.1) is 0 Å². The second kappa shape index (κ2) is 6.54. The fourth-order valence-corrected chi connectivity index (χ4v) is 0.827. The van der Waals surface area contributed by atoms with Crippen molar-refractivity contribution in [3.8, 4) is 11.8 Å². The van der Waals surface area contributed by atoms with Crippen LogP contribution in [0, 0.1) is 23.7 Å². The first-order valence-electron chi connectivity index (χ1n) is 4.75. The molecule has 0 heterocycles. The molecule has 0 spiro atoms. The minimum absolute atomic E-state index is 0.00574. The van der Waals surface area contributed by atoms with Crippen LogP contribution in [0.25, 0.3) is 0 Å². The molecular weight excluding hydrogens is 162 g/mol. The summed E-state index contributed by atoms with van der Waals surface area (Å²) in [5.41, 5.74) is 0. The average Bonchev–Trinajstić information content (AvgIpc) is 2.10. The molecule has 1 unspecified atom stereocenters. The fraction of sp³-hybridized carbons (Fsp3) is 0.727. The first-order valence-corrected chi connectivity index (χ1v) is 4.75. The Bertz CT molecular complexity index is 210. The maximum absolute atomic E-state index is 11.4. The molecule has 1 amide bonds. The number of carbonyl (C=O) groups is 1. The summed E-state index contributed by atoms with van der Waals surface area (Å²) in [6, 6.07) is 0. The van der Waals surface area contributed by atoms with Crippen LogP contribution in [0.1, 0.15) is 34.1 Å². The molecule has 0 bridgehead atoms. The monoisotopic (exact) mass is 181 g/mol. The predicted octanol–water partition coefficient (Wildman–Crippen LogP) is 1.81. The molecule has 0 fully saturated rings. The van der Waals surface area contributed by atoms with Crippen molar-refractivity contribution in [3.63, 3.8) is 0 Å². The number of carbonyl (C=O) groups excluding carboxylic acids is 1. The normalized spacial score (nSPS) is 11.8. The smallest absolute Gasteiger partial charge is 0.223 e. The summed E-state index contributed by atoms with van der Waals surface area (Å²) in [5.74, 6) is 6.32. The third kappa shape index (κ3) is 6.21. The summed E-state index contributed by atoms with van der Waals surface area (Å²) in [7, 11) is 0. The SMILES string of the molecule is CC#CCC(C)C(=O)NCC(C)C. The Labute approximate surface area is 81.1 Å². The highest BCUT2D eigenvalue weighted by Crippen LogP contribution is 2.00. The molecule has 2 nitrogen and oxygen atoms in total. The van der Waals surface area contributed by atoms with E-state index in [2.05, 4.69) is 31.0 Å². The minimum atomic E-state index is 0.00574. The van der Waals surface area contributed by atoms with E-state index in [9.17, 15) is 4.79 Å². The molecule has 0 aliphatic heterocycles. The third-order valence-corrected chi connectivity index (χ3v) is 1.72. The molecule has 0 aromatic heterocycles. The maximum Gasteiger partial charge on any atom is 0.223 e. The molecule has 0 aliphatic carbocycles. The molecule has 0 aromatic rings. The van der Waals surface area contributed by atoms with Crippen molar-refractivity contribution in [2.24, 2.45) is 11.8 Å². The van der Waals surface area contributed by atoms with Gasteiger partial charge in [0.15, 0.2) is 0 Å². The van der Waals surface area contributed by atoms with E-state index in [1.165, 1.54) is 0 Å². The van der Waals surface area contributed by atoms with Gasteiger partial charge in [-0.15, -0.1) is 11.8 Å². The predicted molar refractivity (Wildman–Crippen MR) is 55.1 cm³/mol. The highest BCUT2D eigenvalue weighted by atomic mass is 16.1. The largest absolute Gasteiger partial charge is 0.356 e. The zero-order valence-electron chi connectivity index (χ0n) is 8.98. The molecule has 0 rings (SSSR count). The van der Waals surface area contributed by atoms with Crippen molar-refractivity contribution in [3.05, 3.63) is 0 Å². The van der Waals surface area contributed by atoms with E-state index in [0.29, 0.717) is 12.3 Å². The summed E-state index contributed by atoms with van der Waals surface area (Å²) in [6.07, 6.45) is 0.653. The van der Waals surface area contributed by atoms with Crippen LogP contribution < -0.4 is 5.32 Å². The van der Waals surface area contributed by atoms with Gasteiger partial charge in [-0.1, -0.05) is 20.8 Å². The molecule has 0 saturated carbocycles. The molecule has 13 heavy (non-hydrogen) atoms. The van der Waals surface area contributed by atoms with Crippen LogP contribution in [-0.2, 0) is 4.79 Å². The lowest BCUT2D eigenvalue weighted by Gasteiger charge is -2.10. The Morgan fingerprint density at radius 1 is 1.38 bits per heavy atom. The van der Waals surface area contributed by atoms with E-state index in [1.807, 2.05) is 6.92 Å². The quantitative estimate of drug-likeness (QED) is 0.658. The molecule has 0 aliphatic rings. The Kier molecular flexibility index (Phi) is 6.05. The van der Waals surface area contributed by atoms with Crippen molar-refractivity contribution in [2.45, 2.75) is 34.1 Å². The second-order valence-electron chi connectivity index (χ2n) is 3.67. The van der Waals surface area contributed by atoms with Crippen molar-refractivity contribution >= 4 is 5.91 Å². The molecule has 0 saturated heterocycles. The Morgan fingerprint density at radius 2 is 2.00 bits per heavy atom. The van der Waals surface area contributed by atoms with Gasteiger partial charge in [-0.2, -0.15) is 0 Å². The van der Waals surface area contributed by atoms with Gasteiger partial charge in [-0.3, -0.25) is 4.79 Å². The van der Waals surface area contributed by atoms with Gasteiger partial charge < -0.3 is 5.32 Å². The maximum atomic E-state index is 11.4. The van der Waals surface area contributed by atoms with Crippen molar-refractivity contribution < 1.29 is 4.79 Å². The highest BCUT2D eigenvalue weighted by Gasteiger charge is 2.10. The minimum Gasteiger partial charge on any atom is -0.356 e. The first-order chi connectivity index (χ1) is 6.07. The Balaban J connectivity index is 3.73. The molecule has 74 valence electrons. The standard InChI is InChI=1S/C11H19NO/c1-5-6-7-10(4)11(13)12-8-9(2)3/h9-10H,7-8H2,1-4H3,(H,12,13). The molecule has 0 radical (unpaired) electrons. The van der Waals surface area contributed by atoms with Crippen LogP contribution in [0.4, 0.5) is 0 Å². The number of rotatable bonds is 4. The first kappa shape index (κ1) is 12.0. The van der Waals surface area contributed by atoms with Crippen LogP contribution in [0.5, 0.6) is 0 Å². The molecule has 1 atom stereocenters. The van der Waals surface area contributed by atoms with E-state index >= 15 is 0 Å². The summed E-state index contributed by atoms with van der Waals surface area (Å²) in [4.78, 5) is 11.4. The van der Waals surface area contributed by atoms with E-state index in [0.717, 1.165) is 6.54 Å². The molecule has 2 heteroatoms. The molecular formula is C11H19NO.